The number of allylic oxidation sites excluding steroid dienone is 1. The Morgan fingerprint density at radius 1 is 1.05 bits per heavy atom. The van der Waals surface area contributed by atoms with Crippen molar-refractivity contribution in [2.24, 2.45) is 11.8 Å². The van der Waals surface area contributed by atoms with Gasteiger partial charge in [0.1, 0.15) is 6.04 Å². The highest BCUT2D eigenvalue weighted by atomic mass is 16.4. The first kappa shape index (κ1) is 19.1. The second-order valence-corrected chi connectivity index (χ2v) is 5.94. The number of hydrogen-bond donors (Lipinski definition) is 2. The molecule has 6 nitrogen and oxygen atoms in total. The summed E-state index contributed by atoms with van der Waals surface area (Å²) in [5, 5.41) is 18.4. The lowest BCUT2D eigenvalue weighted by Crippen LogP contribution is -2.48. The highest BCUT2D eigenvalue weighted by Crippen LogP contribution is 2.16. The highest BCUT2D eigenvalue weighted by Gasteiger charge is 2.31. The summed E-state index contributed by atoms with van der Waals surface area (Å²) in [6.45, 7) is 8.52. The molecule has 0 spiro atoms. The monoisotopic (exact) mass is 299 g/mol. The third-order valence-corrected chi connectivity index (χ3v) is 2.94. The first-order valence-corrected chi connectivity index (χ1v) is 6.97. The van der Waals surface area contributed by atoms with Crippen LogP contribution >= 0.6 is 0 Å². The van der Waals surface area contributed by atoms with Crippen molar-refractivity contribution in [1.82, 2.24) is 4.90 Å². The van der Waals surface area contributed by atoms with E-state index >= 15 is 0 Å². The first-order chi connectivity index (χ1) is 9.56. The molecule has 0 radical (unpaired) electrons. The van der Waals surface area contributed by atoms with Crippen molar-refractivity contribution >= 4 is 17.8 Å². The van der Waals surface area contributed by atoms with Crippen LogP contribution in [-0.2, 0) is 14.4 Å². The summed E-state index contributed by atoms with van der Waals surface area (Å²) in [4.78, 5) is 35.8. The summed E-state index contributed by atoms with van der Waals surface area (Å²) >= 11 is 0. The summed E-state index contributed by atoms with van der Waals surface area (Å²) in [5.74, 6) is -3.38. The average molecular weight is 299 g/mol. The topological polar surface area (TPSA) is 94.9 Å². The van der Waals surface area contributed by atoms with Gasteiger partial charge in [0.05, 0.1) is 5.92 Å². The number of nitrogens with zero attached hydrogens (tertiary/aromatic N) is 1. The standard InChI is InChI=1S/C15H25NO5/c1-9(2)6-12(15(20)21)16(8-11(5)14(18)19)13(17)7-10(3)4/h7,9,11-12H,6,8H2,1-5H3,(H,18,19)(H,20,21). The van der Waals surface area contributed by atoms with Crippen molar-refractivity contribution < 1.29 is 24.6 Å². The number of aliphatic carboxylic acids is 2. The molecule has 0 saturated heterocycles. The highest BCUT2D eigenvalue weighted by molar-refractivity contribution is 5.92. The number of carbonyl (C=O) groups is 3. The van der Waals surface area contributed by atoms with Gasteiger partial charge in [-0.15, -0.1) is 0 Å². The van der Waals surface area contributed by atoms with Crippen LogP contribution in [0.2, 0.25) is 0 Å². The second-order valence-electron chi connectivity index (χ2n) is 5.94. The minimum atomic E-state index is -1.11. The van der Waals surface area contributed by atoms with Gasteiger partial charge in [0, 0.05) is 12.6 Å². The minimum Gasteiger partial charge on any atom is -0.481 e. The quantitative estimate of drug-likeness (QED) is 0.668. The molecule has 0 aromatic heterocycles. The van der Waals surface area contributed by atoms with Gasteiger partial charge in [0.15, 0.2) is 0 Å². The van der Waals surface area contributed by atoms with Crippen LogP contribution in [0.5, 0.6) is 0 Å². The van der Waals surface area contributed by atoms with Crippen LogP contribution in [0.15, 0.2) is 11.6 Å². The summed E-state index contributed by atoms with van der Waals surface area (Å²) in [7, 11) is 0. The van der Waals surface area contributed by atoms with Crippen LogP contribution < -0.4 is 0 Å². The Balaban J connectivity index is 5.43. The Morgan fingerprint density at radius 3 is 1.90 bits per heavy atom. The Labute approximate surface area is 125 Å². The lowest BCUT2D eigenvalue weighted by Gasteiger charge is -2.30. The second kappa shape index (κ2) is 8.44. The Bertz CT molecular complexity index is 424. The molecule has 0 rings (SSSR count). The normalized spacial score (nSPS) is 13.4. The smallest absolute Gasteiger partial charge is 0.326 e. The van der Waals surface area contributed by atoms with Gasteiger partial charge in [-0.25, -0.2) is 4.79 Å². The van der Waals surface area contributed by atoms with Crippen molar-refractivity contribution in [1.29, 1.82) is 0 Å². The number of hydrogen-bond acceptors (Lipinski definition) is 3. The third-order valence-electron chi connectivity index (χ3n) is 2.94. The number of amides is 1. The predicted octanol–water partition coefficient (Wildman–Crippen LogP) is 2.00. The molecule has 120 valence electrons. The van der Waals surface area contributed by atoms with Gasteiger partial charge in [-0.2, -0.15) is 0 Å². The molecular formula is C15H25NO5. The van der Waals surface area contributed by atoms with E-state index in [-0.39, 0.29) is 18.9 Å². The van der Waals surface area contributed by atoms with Crippen LogP contribution in [0, 0.1) is 11.8 Å². The van der Waals surface area contributed by atoms with E-state index in [4.69, 9.17) is 5.11 Å². The molecule has 0 aromatic rings. The van der Waals surface area contributed by atoms with E-state index in [9.17, 15) is 19.5 Å². The number of rotatable bonds is 8. The maximum absolute atomic E-state index is 12.2. The van der Waals surface area contributed by atoms with Crippen molar-refractivity contribution in [3.63, 3.8) is 0 Å². The van der Waals surface area contributed by atoms with Gasteiger partial charge in [-0.3, -0.25) is 9.59 Å². The average Bonchev–Trinajstić information content (AvgIpc) is 2.31. The van der Waals surface area contributed by atoms with E-state index in [2.05, 4.69) is 0 Å². The van der Waals surface area contributed by atoms with Crippen molar-refractivity contribution in [2.45, 2.75) is 47.1 Å². The van der Waals surface area contributed by atoms with Gasteiger partial charge in [-0.05, 0) is 26.2 Å². The van der Waals surface area contributed by atoms with Gasteiger partial charge in [-0.1, -0.05) is 26.3 Å². The largest absolute Gasteiger partial charge is 0.481 e. The van der Waals surface area contributed by atoms with Crippen LogP contribution in [-0.4, -0.2) is 45.5 Å². The van der Waals surface area contributed by atoms with Gasteiger partial charge in [0.2, 0.25) is 5.91 Å². The molecule has 0 fully saturated rings. The lowest BCUT2D eigenvalue weighted by atomic mass is 10.0. The SMILES string of the molecule is CC(C)=CC(=O)N(CC(C)C(=O)O)C(CC(C)C)C(=O)O. The van der Waals surface area contributed by atoms with E-state index in [0.717, 1.165) is 10.5 Å². The van der Waals surface area contributed by atoms with E-state index < -0.39 is 29.8 Å². The minimum absolute atomic E-state index is 0.0771. The fourth-order valence-corrected chi connectivity index (χ4v) is 1.88. The zero-order valence-corrected chi connectivity index (χ0v) is 13.3. The number of carboxylic acids is 2. The number of carbonyl (C=O) groups excluding carboxylic acids is 1. The predicted molar refractivity (Wildman–Crippen MR) is 78.8 cm³/mol. The van der Waals surface area contributed by atoms with E-state index in [1.54, 1.807) is 13.8 Å². The molecule has 6 heteroatoms. The van der Waals surface area contributed by atoms with Crippen molar-refractivity contribution in [2.75, 3.05) is 6.54 Å². The third kappa shape index (κ3) is 6.92. The van der Waals surface area contributed by atoms with Gasteiger partial charge in [0.25, 0.3) is 0 Å². The van der Waals surface area contributed by atoms with Gasteiger partial charge < -0.3 is 15.1 Å². The molecule has 0 heterocycles. The van der Waals surface area contributed by atoms with E-state index in [1.807, 2.05) is 13.8 Å². The Hall–Kier alpha value is -1.85. The molecule has 0 aliphatic rings. The van der Waals surface area contributed by atoms with Crippen LogP contribution in [0.25, 0.3) is 0 Å². The van der Waals surface area contributed by atoms with Crippen molar-refractivity contribution in [3.05, 3.63) is 11.6 Å². The fourth-order valence-electron chi connectivity index (χ4n) is 1.88. The molecule has 2 atom stereocenters. The fraction of sp³-hybridized carbons (Fsp3) is 0.667. The van der Waals surface area contributed by atoms with Crippen LogP contribution in [0.4, 0.5) is 0 Å². The summed E-state index contributed by atoms with van der Waals surface area (Å²) in [6, 6.07) is -1.02. The molecule has 21 heavy (non-hydrogen) atoms. The van der Waals surface area contributed by atoms with E-state index in [1.165, 1.54) is 13.0 Å². The summed E-state index contributed by atoms with van der Waals surface area (Å²) < 4.78 is 0. The lowest BCUT2D eigenvalue weighted by molar-refractivity contribution is -0.152. The molecule has 0 aliphatic heterocycles. The first-order valence-electron chi connectivity index (χ1n) is 6.97. The molecule has 2 unspecified atom stereocenters. The molecule has 0 aromatic carbocycles. The molecular weight excluding hydrogens is 274 g/mol. The Morgan fingerprint density at radius 2 is 1.57 bits per heavy atom. The van der Waals surface area contributed by atoms with Crippen LogP contribution in [0.1, 0.15) is 41.0 Å². The zero-order chi connectivity index (χ0) is 16.7. The Kier molecular flexibility index (Phi) is 7.70. The zero-order valence-electron chi connectivity index (χ0n) is 13.3. The molecule has 2 N–H and O–H groups in total. The molecule has 0 aliphatic carbocycles. The maximum atomic E-state index is 12.2. The van der Waals surface area contributed by atoms with Crippen LogP contribution in [0.3, 0.4) is 0 Å². The summed E-state index contributed by atoms with van der Waals surface area (Å²) in [5.41, 5.74) is 0.738. The maximum Gasteiger partial charge on any atom is 0.326 e. The van der Waals surface area contributed by atoms with Gasteiger partial charge >= 0.3 is 11.9 Å². The molecule has 0 saturated carbocycles. The summed E-state index contributed by atoms with van der Waals surface area (Å²) in [6.07, 6.45) is 1.62. The molecule has 0 bridgehead atoms. The van der Waals surface area contributed by atoms with E-state index in [0.29, 0.717) is 0 Å². The molecule has 1 amide bonds. The van der Waals surface area contributed by atoms with Crippen molar-refractivity contribution in [3.8, 4) is 0 Å². The number of carboxylic acid groups (broad SMARTS) is 2.